The molecule has 0 N–H and O–H groups in total. The summed E-state index contributed by atoms with van der Waals surface area (Å²) in [7, 11) is 1.79. The number of carbonyl (C=O) groups is 1. The molecule has 0 spiro atoms. The highest BCUT2D eigenvalue weighted by Gasteiger charge is 2.18. The second kappa shape index (κ2) is 8.93. The van der Waals surface area contributed by atoms with Crippen molar-refractivity contribution in [3.63, 3.8) is 0 Å². The highest BCUT2D eigenvalue weighted by molar-refractivity contribution is 6.30. The summed E-state index contributed by atoms with van der Waals surface area (Å²) in [5, 5.41) is 5.28. The van der Waals surface area contributed by atoms with Gasteiger partial charge in [0.15, 0.2) is 0 Å². The molecule has 0 aliphatic carbocycles. The number of likely N-dealkylation sites (N-methyl/N-ethyl adjacent to an activating group) is 1. The van der Waals surface area contributed by atoms with Crippen molar-refractivity contribution in [2.24, 2.45) is 0 Å². The number of hydrogen-bond donors (Lipinski definition) is 0. The van der Waals surface area contributed by atoms with E-state index in [2.05, 4.69) is 5.10 Å². The number of carbonyl (C=O) groups excluding carboxylic acids is 1. The minimum absolute atomic E-state index is 0.0403. The summed E-state index contributed by atoms with van der Waals surface area (Å²) in [6, 6.07) is 17.1. The smallest absolute Gasteiger partial charge is 0.226 e. The van der Waals surface area contributed by atoms with Crippen LogP contribution in [0.2, 0.25) is 5.02 Å². The van der Waals surface area contributed by atoms with Gasteiger partial charge in [0.2, 0.25) is 5.91 Å². The van der Waals surface area contributed by atoms with Gasteiger partial charge in [0.25, 0.3) is 0 Å². The van der Waals surface area contributed by atoms with Gasteiger partial charge in [-0.15, -0.1) is 0 Å². The van der Waals surface area contributed by atoms with Crippen molar-refractivity contribution in [2.45, 2.75) is 20.3 Å². The van der Waals surface area contributed by atoms with Crippen molar-refractivity contribution in [3.05, 3.63) is 76.6 Å². The molecule has 0 saturated carbocycles. The fourth-order valence-electron chi connectivity index (χ4n) is 2.99. The van der Waals surface area contributed by atoms with Crippen LogP contribution in [0.3, 0.4) is 0 Å². The summed E-state index contributed by atoms with van der Waals surface area (Å²) in [6.45, 7) is 4.87. The first-order chi connectivity index (χ1) is 13.5. The third-order valence-corrected chi connectivity index (χ3v) is 4.96. The Labute approximate surface area is 170 Å². The molecule has 0 atom stereocenters. The highest BCUT2D eigenvalue weighted by atomic mass is 35.5. The molecule has 5 nitrogen and oxygen atoms in total. The van der Waals surface area contributed by atoms with Gasteiger partial charge in [-0.2, -0.15) is 5.10 Å². The summed E-state index contributed by atoms with van der Waals surface area (Å²) < 4.78 is 7.56. The third-order valence-electron chi connectivity index (χ3n) is 4.70. The van der Waals surface area contributed by atoms with E-state index in [9.17, 15) is 4.79 Å². The van der Waals surface area contributed by atoms with Gasteiger partial charge >= 0.3 is 0 Å². The molecular weight excluding hydrogens is 374 g/mol. The van der Waals surface area contributed by atoms with Crippen LogP contribution in [0.15, 0.2) is 54.6 Å². The Kier molecular flexibility index (Phi) is 6.37. The quantitative estimate of drug-likeness (QED) is 0.599. The Morgan fingerprint density at radius 2 is 1.79 bits per heavy atom. The van der Waals surface area contributed by atoms with Crippen LogP contribution >= 0.6 is 11.6 Å². The summed E-state index contributed by atoms with van der Waals surface area (Å²) in [5.74, 6) is 0.777. The van der Waals surface area contributed by atoms with Gasteiger partial charge < -0.3 is 9.64 Å². The zero-order valence-electron chi connectivity index (χ0n) is 16.4. The Balaban J connectivity index is 1.59. The van der Waals surface area contributed by atoms with Gasteiger partial charge in [0.05, 0.1) is 24.3 Å². The number of amides is 1. The molecule has 1 amide bonds. The van der Waals surface area contributed by atoms with Crippen LogP contribution < -0.4 is 4.74 Å². The number of aromatic nitrogens is 2. The molecule has 28 heavy (non-hydrogen) atoms. The molecule has 1 aromatic heterocycles. The monoisotopic (exact) mass is 397 g/mol. The lowest BCUT2D eigenvalue weighted by Gasteiger charge is -2.18. The first kappa shape index (κ1) is 20.0. The largest absolute Gasteiger partial charge is 0.492 e. The van der Waals surface area contributed by atoms with Gasteiger partial charge in [-0.05, 0) is 50.2 Å². The zero-order valence-corrected chi connectivity index (χ0v) is 17.1. The Hall–Kier alpha value is -2.79. The number of hydrogen-bond acceptors (Lipinski definition) is 3. The van der Waals surface area contributed by atoms with Crippen molar-refractivity contribution in [1.82, 2.24) is 14.7 Å². The van der Waals surface area contributed by atoms with Crippen LogP contribution in [-0.2, 0) is 11.2 Å². The summed E-state index contributed by atoms with van der Waals surface area (Å²) >= 11 is 5.87. The van der Waals surface area contributed by atoms with E-state index < -0.39 is 0 Å². The van der Waals surface area contributed by atoms with Gasteiger partial charge in [-0.1, -0.05) is 29.8 Å². The fourth-order valence-corrected chi connectivity index (χ4v) is 3.12. The van der Waals surface area contributed by atoms with Gasteiger partial charge in [-0.25, -0.2) is 4.68 Å². The molecule has 3 rings (SSSR count). The summed E-state index contributed by atoms with van der Waals surface area (Å²) in [6.07, 6.45) is 0.321. The molecule has 1 heterocycles. The average Bonchev–Trinajstić information content (AvgIpc) is 2.98. The number of nitrogens with zero attached hydrogens (tertiary/aromatic N) is 3. The van der Waals surface area contributed by atoms with Crippen molar-refractivity contribution in [3.8, 4) is 11.4 Å². The average molecular weight is 398 g/mol. The molecule has 0 radical (unpaired) electrons. The summed E-state index contributed by atoms with van der Waals surface area (Å²) in [4.78, 5) is 14.4. The van der Waals surface area contributed by atoms with E-state index in [1.807, 2.05) is 61.0 Å². The predicted molar refractivity (Wildman–Crippen MR) is 111 cm³/mol. The Bertz CT molecular complexity index is 936. The molecule has 2 aromatic carbocycles. The number of ether oxygens (including phenoxy) is 1. The lowest BCUT2D eigenvalue weighted by molar-refractivity contribution is -0.129. The van der Waals surface area contributed by atoms with Crippen LogP contribution in [0.1, 0.15) is 17.0 Å². The van der Waals surface area contributed by atoms with Crippen LogP contribution in [0, 0.1) is 13.8 Å². The van der Waals surface area contributed by atoms with E-state index in [4.69, 9.17) is 16.3 Å². The van der Waals surface area contributed by atoms with Gasteiger partial charge in [-0.3, -0.25) is 4.79 Å². The predicted octanol–water partition coefficient (Wildman–Crippen LogP) is 4.22. The minimum Gasteiger partial charge on any atom is -0.492 e. The Morgan fingerprint density at radius 3 is 2.46 bits per heavy atom. The van der Waals surface area contributed by atoms with Gasteiger partial charge in [0.1, 0.15) is 12.4 Å². The third kappa shape index (κ3) is 4.73. The normalized spacial score (nSPS) is 10.7. The molecule has 0 aliphatic heterocycles. The van der Waals surface area contributed by atoms with E-state index in [0.29, 0.717) is 24.6 Å². The first-order valence-electron chi connectivity index (χ1n) is 9.18. The fraction of sp³-hybridized carbons (Fsp3) is 0.273. The SMILES string of the molecule is Cc1nn(-c2ccccc2)c(C)c1CC(=O)N(C)CCOc1ccc(Cl)cc1. The Morgan fingerprint density at radius 1 is 1.11 bits per heavy atom. The molecule has 0 fully saturated rings. The van der Waals surface area contributed by atoms with E-state index in [0.717, 1.165) is 28.4 Å². The maximum atomic E-state index is 12.7. The summed E-state index contributed by atoms with van der Waals surface area (Å²) in [5.41, 5.74) is 3.83. The number of benzene rings is 2. The topological polar surface area (TPSA) is 47.4 Å². The molecule has 0 bridgehead atoms. The molecule has 6 heteroatoms. The van der Waals surface area contributed by atoms with Gasteiger partial charge in [0, 0.05) is 23.3 Å². The standard InChI is InChI=1S/C22H24ClN3O2/c1-16-21(17(2)26(24-16)19-7-5-4-6-8-19)15-22(27)25(3)13-14-28-20-11-9-18(23)10-12-20/h4-12H,13-15H2,1-3H3. The maximum absolute atomic E-state index is 12.7. The van der Waals surface area contributed by atoms with E-state index in [1.165, 1.54) is 0 Å². The van der Waals surface area contributed by atoms with E-state index in [-0.39, 0.29) is 5.91 Å². The van der Waals surface area contributed by atoms with Crippen LogP contribution in [0.5, 0.6) is 5.75 Å². The molecular formula is C22H24ClN3O2. The molecule has 146 valence electrons. The molecule has 3 aromatic rings. The van der Waals surface area contributed by atoms with E-state index in [1.54, 1.807) is 24.1 Å². The van der Waals surface area contributed by atoms with Crippen LogP contribution in [0.25, 0.3) is 5.69 Å². The van der Waals surface area contributed by atoms with E-state index >= 15 is 0 Å². The van der Waals surface area contributed by atoms with Crippen LogP contribution in [-0.4, -0.2) is 40.8 Å². The molecule has 0 saturated heterocycles. The van der Waals surface area contributed by atoms with Crippen molar-refractivity contribution >= 4 is 17.5 Å². The second-order valence-electron chi connectivity index (χ2n) is 6.69. The number of aryl methyl sites for hydroxylation is 1. The number of halogens is 1. The van der Waals surface area contributed by atoms with Crippen molar-refractivity contribution < 1.29 is 9.53 Å². The van der Waals surface area contributed by atoms with Crippen molar-refractivity contribution in [1.29, 1.82) is 0 Å². The maximum Gasteiger partial charge on any atom is 0.226 e. The zero-order chi connectivity index (χ0) is 20.1. The lowest BCUT2D eigenvalue weighted by atomic mass is 10.1. The molecule has 0 aliphatic rings. The lowest BCUT2D eigenvalue weighted by Crippen LogP contribution is -2.32. The first-order valence-corrected chi connectivity index (χ1v) is 9.56. The highest BCUT2D eigenvalue weighted by Crippen LogP contribution is 2.19. The molecule has 0 unspecified atom stereocenters. The van der Waals surface area contributed by atoms with Crippen molar-refractivity contribution in [2.75, 3.05) is 20.2 Å². The minimum atomic E-state index is 0.0403. The second-order valence-corrected chi connectivity index (χ2v) is 7.13. The number of para-hydroxylation sites is 1. The van der Waals surface area contributed by atoms with Crippen LogP contribution in [0.4, 0.5) is 0 Å². The number of rotatable bonds is 7.